The first-order valence-electron chi connectivity index (χ1n) is 6.09. The topological polar surface area (TPSA) is 58.6 Å². The standard InChI is InChI=1S/C12H22N2O3/c1-9(12(16)17-3)8-14(2)11(15)10-5-4-6-13-7-10/h9-10,13H,4-8H2,1-3H3. The summed E-state index contributed by atoms with van der Waals surface area (Å²) in [6.07, 6.45) is 1.97. The van der Waals surface area contributed by atoms with Crippen molar-refractivity contribution in [3.05, 3.63) is 0 Å². The number of nitrogens with zero attached hydrogens (tertiary/aromatic N) is 1. The van der Waals surface area contributed by atoms with Gasteiger partial charge >= 0.3 is 5.97 Å². The van der Waals surface area contributed by atoms with Crippen LogP contribution in [0.25, 0.3) is 0 Å². The summed E-state index contributed by atoms with van der Waals surface area (Å²) in [7, 11) is 3.11. The van der Waals surface area contributed by atoms with Gasteiger partial charge in [-0.3, -0.25) is 9.59 Å². The number of hydrogen-bond donors (Lipinski definition) is 1. The van der Waals surface area contributed by atoms with E-state index in [4.69, 9.17) is 0 Å². The van der Waals surface area contributed by atoms with E-state index >= 15 is 0 Å². The molecule has 0 aromatic heterocycles. The number of amides is 1. The molecule has 0 aromatic carbocycles. The quantitative estimate of drug-likeness (QED) is 0.718. The van der Waals surface area contributed by atoms with Gasteiger partial charge in [-0.25, -0.2) is 0 Å². The largest absolute Gasteiger partial charge is 0.469 e. The zero-order chi connectivity index (χ0) is 12.8. The van der Waals surface area contributed by atoms with Gasteiger partial charge in [0.1, 0.15) is 0 Å². The van der Waals surface area contributed by atoms with E-state index in [2.05, 4.69) is 10.1 Å². The summed E-state index contributed by atoms with van der Waals surface area (Å²) in [4.78, 5) is 25.0. The molecule has 0 spiro atoms. The van der Waals surface area contributed by atoms with Gasteiger partial charge in [-0.05, 0) is 19.4 Å². The van der Waals surface area contributed by atoms with Gasteiger partial charge in [0, 0.05) is 20.1 Å². The summed E-state index contributed by atoms with van der Waals surface area (Å²) < 4.78 is 4.65. The molecule has 5 heteroatoms. The van der Waals surface area contributed by atoms with Crippen molar-refractivity contribution in [2.45, 2.75) is 19.8 Å². The fraction of sp³-hybridized carbons (Fsp3) is 0.833. The van der Waals surface area contributed by atoms with Crippen molar-refractivity contribution in [1.82, 2.24) is 10.2 Å². The number of methoxy groups -OCH3 is 1. The lowest BCUT2D eigenvalue weighted by Crippen LogP contribution is -2.43. The molecule has 1 aliphatic heterocycles. The van der Waals surface area contributed by atoms with Crippen LogP contribution in [0.2, 0.25) is 0 Å². The molecule has 1 aliphatic rings. The van der Waals surface area contributed by atoms with Crippen molar-refractivity contribution < 1.29 is 14.3 Å². The van der Waals surface area contributed by atoms with Crippen LogP contribution >= 0.6 is 0 Å². The van der Waals surface area contributed by atoms with Gasteiger partial charge < -0.3 is 15.0 Å². The number of hydrogen-bond acceptors (Lipinski definition) is 4. The zero-order valence-corrected chi connectivity index (χ0v) is 10.9. The fourth-order valence-electron chi connectivity index (χ4n) is 2.15. The van der Waals surface area contributed by atoms with E-state index in [-0.39, 0.29) is 23.7 Å². The smallest absolute Gasteiger partial charge is 0.310 e. The van der Waals surface area contributed by atoms with E-state index in [1.807, 2.05) is 0 Å². The highest BCUT2D eigenvalue weighted by Gasteiger charge is 2.26. The molecule has 1 heterocycles. The van der Waals surface area contributed by atoms with E-state index in [9.17, 15) is 9.59 Å². The van der Waals surface area contributed by atoms with Crippen LogP contribution in [0.3, 0.4) is 0 Å². The number of nitrogens with one attached hydrogen (secondary N) is 1. The predicted molar refractivity (Wildman–Crippen MR) is 64.4 cm³/mol. The Kier molecular flexibility index (Phi) is 5.41. The maximum absolute atomic E-state index is 12.1. The molecule has 0 bridgehead atoms. The number of ether oxygens (including phenoxy) is 1. The normalized spacial score (nSPS) is 21.7. The average molecular weight is 242 g/mol. The van der Waals surface area contributed by atoms with Crippen LogP contribution in [0.4, 0.5) is 0 Å². The Morgan fingerprint density at radius 3 is 2.76 bits per heavy atom. The number of piperidine rings is 1. The minimum Gasteiger partial charge on any atom is -0.469 e. The third-order valence-electron chi connectivity index (χ3n) is 3.17. The van der Waals surface area contributed by atoms with Crippen molar-refractivity contribution in [2.24, 2.45) is 11.8 Å². The molecule has 98 valence electrons. The van der Waals surface area contributed by atoms with Crippen LogP contribution in [-0.4, -0.2) is 50.6 Å². The molecule has 1 rings (SSSR count). The summed E-state index contributed by atoms with van der Waals surface area (Å²) in [5, 5.41) is 3.22. The zero-order valence-electron chi connectivity index (χ0n) is 10.9. The Morgan fingerprint density at radius 2 is 2.24 bits per heavy atom. The summed E-state index contributed by atoms with van der Waals surface area (Å²) in [5.41, 5.74) is 0. The Labute approximate surface area is 102 Å². The van der Waals surface area contributed by atoms with E-state index < -0.39 is 0 Å². The molecule has 0 radical (unpaired) electrons. The third-order valence-corrected chi connectivity index (χ3v) is 3.17. The lowest BCUT2D eigenvalue weighted by Gasteiger charge is -2.28. The molecule has 2 atom stereocenters. The molecule has 17 heavy (non-hydrogen) atoms. The minimum atomic E-state index is -0.273. The molecule has 0 saturated carbocycles. The van der Waals surface area contributed by atoms with Crippen molar-refractivity contribution >= 4 is 11.9 Å². The highest BCUT2D eigenvalue weighted by Crippen LogP contribution is 2.13. The molecular weight excluding hydrogens is 220 g/mol. The van der Waals surface area contributed by atoms with Crippen molar-refractivity contribution in [3.63, 3.8) is 0 Å². The van der Waals surface area contributed by atoms with Gasteiger partial charge in [0.25, 0.3) is 0 Å². The Hall–Kier alpha value is -1.10. The maximum atomic E-state index is 12.1. The van der Waals surface area contributed by atoms with Crippen LogP contribution in [0.5, 0.6) is 0 Å². The monoisotopic (exact) mass is 242 g/mol. The average Bonchev–Trinajstić information content (AvgIpc) is 2.37. The maximum Gasteiger partial charge on any atom is 0.310 e. The molecule has 1 fully saturated rings. The van der Waals surface area contributed by atoms with Crippen LogP contribution < -0.4 is 5.32 Å². The Morgan fingerprint density at radius 1 is 1.53 bits per heavy atom. The third kappa shape index (κ3) is 4.00. The fourth-order valence-corrected chi connectivity index (χ4v) is 2.15. The number of carbonyl (C=O) groups excluding carboxylic acids is 2. The minimum absolute atomic E-state index is 0.0543. The van der Waals surface area contributed by atoms with Crippen LogP contribution in [0.1, 0.15) is 19.8 Å². The highest BCUT2D eigenvalue weighted by atomic mass is 16.5. The molecule has 1 N–H and O–H groups in total. The van der Waals surface area contributed by atoms with Gasteiger partial charge in [0.15, 0.2) is 0 Å². The molecule has 0 aromatic rings. The van der Waals surface area contributed by atoms with Crippen LogP contribution in [0, 0.1) is 11.8 Å². The van der Waals surface area contributed by atoms with Gasteiger partial charge in [-0.2, -0.15) is 0 Å². The molecule has 5 nitrogen and oxygen atoms in total. The lowest BCUT2D eigenvalue weighted by molar-refractivity contribution is -0.146. The van der Waals surface area contributed by atoms with E-state index in [1.165, 1.54) is 7.11 Å². The second-order valence-electron chi connectivity index (χ2n) is 4.69. The first kappa shape index (κ1) is 14.0. The first-order chi connectivity index (χ1) is 8.06. The molecule has 1 amide bonds. The molecule has 0 aliphatic carbocycles. The van der Waals surface area contributed by atoms with Crippen LogP contribution in [0.15, 0.2) is 0 Å². The van der Waals surface area contributed by atoms with Crippen molar-refractivity contribution in [3.8, 4) is 0 Å². The SMILES string of the molecule is COC(=O)C(C)CN(C)C(=O)C1CCCNC1. The van der Waals surface area contributed by atoms with E-state index in [0.29, 0.717) is 6.54 Å². The second-order valence-corrected chi connectivity index (χ2v) is 4.69. The van der Waals surface area contributed by atoms with Crippen LogP contribution in [-0.2, 0) is 14.3 Å². The van der Waals surface area contributed by atoms with Crippen molar-refractivity contribution in [1.29, 1.82) is 0 Å². The lowest BCUT2D eigenvalue weighted by atomic mass is 9.98. The highest BCUT2D eigenvalue weighted by molar-refractivity contribution is 5.80. The summed E-state index contributed by atoms with van der Waals surface area (Å²) in [6, 6.07) is 0. The summed E-state index contributed by atoms with van der Waals surface area (Å²) >= 11 is 0. The number of rotatable bonds is 4. The van der Waals surface area contributed by atoms with E-state index in [1.54, 1.807) is 18.9 Å². The summed E-state index contributed by atoms with van der Waals surface area (Å²) in [6.45, 7) is 3.93. The molecule has 2 unspecified atom stereocenters. The Balaban J connectivity index is 2.43. The van der Waals surface area contributed by atoms with E-state index in [0.717, 1.165) is 25.9 Å². The number of esters is 1. The van der Waals surface area contributed by atoms with Gasteiger partial charge in [0.2, 0.25) is 5.91 Å². The van der Waals surface area contributed by atoms with Gasteiger partial charge in [-0.15, -0.1) is 0 Å². The van der Waals surface area contributed by atoms with Crippen molar-refractivity contribution in [2.75, 3.05) is 33.8 Å². The molecular formula is C12H22N2O3. The predicted octanol–water partition coefficient (Wildman–Crippen LogP) is 0.254. The first-order valence-corrected chi connectivity index (χ1v) is 6.09. The second kappa shape index (κ2) is 6.59. The van der Waals surface area contributed by atoms with Gasteiger partial charge in [0.05, 0.1) is 18.9 Å². The van der Waals surface area contributed by atoms with Gasteiger partial charge in [-0.1, -0.05) is 6.92 Å². The Bertz CT molecular complexity index is 275. The number of carbonyl (C=O) groups is 2. The molecule has 1 saturated heterocycles. The summed E-state index contributed by atoms with van der Waals surface area (Å²) in [5.74, 6) is -0.372.